The van der Waals surface area contributed by atoms with Crippen molar-refractivity contribution in [3.8, 4) is 11.5 Å². The minimum Gasteiger partial charge on any atom is -0.497 e. The van der Waals surface area contributed by atoms with Gasteiger partial charge in [-0.25, -0.2) is 4.98 Å². The Bertz CT molecular complexity index is 1300. The van der Waals surface area contributed by atoms with E-state index in [2.05, 4.69) is 22.0 Å². The summed E-state index contributed by atoms with van der Waals surface area (Å²) in [6.07, 6.45) is 4.89. The highest BCUT2D eigenvalue weighted by atomic mass is 16.5. The fourth-order valence-electron chi connectivity index (χ4n) is 4.48. The summed E-state index contributed by atoms with van der Waals surface area (Å²) < 4.78 is 13.2. The number of hydrogen-bond acceptors (Lipinski definition) is 5. The van der Waals surface area contributed by atoms with E-state index in [0.29, 0.717) is 18.7 Å². The quantitative estimate of drug-likeness (QED) is 0.413. The van der Waals surface area contributed by atoms with Crippen molar-refractivity contribution in [3.63, 3.8) is 0 Å². The number of hydrogen-bond donors (Lipinski definition) is 0. The molecular weight excluding hydrogens is 440 g/mol. The molecule has 0 aliphatic carbocycles. The fraction of sp³-hybridized carbons (Fsp3) is 0.286. The van der Waals surface area contributed by atoms with Gasteiger partial charge in [0.1, 0.15) is 23.8 Å². The third-order valence-corrected chi connectivity index (χ3v) is 6.44. The number of anilines is 1. The number of carbonyl (C=O) groups excluding carboxylic acids is 1. The molecule has 2 aromatic carbocycles. The first-order valence-corrected chi connectivity index (χ1v) is 11.9. The molecule has 1 saturated heterocycles. The van der Waals surface area contributed by atoms with Crippen LogP contribution < -0.4 is 14.4 Å². The summed E-state index contributed by atoms with van der Waals surface area (Å²) in [5, 5.41) is 0. The first-order chi connectivity index (χ1) is 17.1. The molecule has 0 N–H and O–H groups in total. The summed E-state index contributed by atoms with van der Waals surface area (Å²) in [6.45, 7) is 5.59. The van der Waals surface area contributed by atoms with Gasteiger partial charge in [0, 0.05) is 49.8 Å². The third-order valence-electron chi connectivity index (χ3n) is 6.44. The Kier molecular flexibility index (Phi) is 6.57. The molecule has 0 saturated carbocycles. The lowest BCUT2D eigenvalue weighted by molar-refractivity contribution is 0.0767. The second kappa shape index (κ2) is 10.1. The van der Waals surface area contributed by atoms with Crippen LogP contribution in [0.2, 0.25) is 0 Å². The Labute approximate surface area is 205 Å². The van der Waals surface area contributed by atoms with Crippen LogP contribution in [0.1, 0.15) is 28.0 Å². The lowest BCUT2D eigenvalue weighted by atomic mass is 10.2. The van der Waals surface area contributed by atoms with E-state index >= 15 is 0 Å². The number of benzene rings is 2. The van der Waals surface area contributed by atoms with E-state index in [1.165, 1.54) is 0 Å². The Morgan fingerprint density at radius 2 is 1.71 bits per heavy atom. The monoisotopic (exact) mass is 470 g/mol. The zero-order valence-corrected chi connectivity index (χ0v) is 20.2. The van der Waals surface area contributed by atoms with Gasteiger partial charge in [-0.15, -0.1) is 0 Å². The second-order valence-corrected chi connectivity index (χ2v) is 8.80. The summed E-state index contributed by atoms with van der Waals surface area (Å²) in [6, 6.07) is 19.5. The van der Waals surface area contributed by atoms with Gasteiger partial charge in [0.25, 0.3) is 5.91 Å². The van der Waals surface area contributed by atoms with E-state index in [0.717, 1.165) is 60.1 Å². The molecule has 1 amide bonds. The van der Waals surface area contributed by atoms with E-state index in [-0.39, 0.29) is 5.91 Å². The van der Waals surface area contributed by atoms with Crippen molar-refractivity contribution >= 4 is 17.2 Å². The van der Waals surface area contributed by atoms with Crippen LogP contribution in [0, 0.1) is 6.92 Å². The molecule has 35 heavy (non-hydrogen) atoms. The Balaban J connectivity index is 1.17. The summed E-state index contributed by atoms with van der Waals surface area (Å²) in [4.78, 5) is 22.1. The zero-order chi connectivity index (χ0) is 24.2. The van der Waals surface area contributed by atoms with Gasteiger partial charge < -0.3 is 23.7 Å². The lowest BCUT2D eigenvalue weighted by Crippen LogP contribution is -2.35. The smallest absolute Gasteiger partial charge is 0.253 e. The van der Waals surface area contributed by atoms with Crippen LogP contribution in [-0.2, 0) is 6.61 Å². The first kappa shape index (κ1) is 22.8. The number of methoxy groups -OCH3 is 1. The lowest BCUT2D eigenvalue weighted by Gasteiger charge is -2.24. The second-order valence-electron chi connectivity index (χ2n) is 8.80. The highest BCUT2D eigenvalue weighted by Crippen LogP contribution is 2.22. The van der Waals surface area contributed by atoms with Crippen molar-refractivity contribution in [2.75, 3.05) is 38.2 Å². The van der Waals surface area contributed by atoms with E-state index < -0.39 is 0 Å². The minimum absolute atomic E-state index is 0.0592. The maximum Gasteiger partial charge on any atom is 0.253 e. The number of pyridine rings is 1. The van der Waals surface area contributed by atoms with Crippen LogP contribution in [0.25, 0.3) is 5.65 Å². The van der Waals surface area contributed by atoms with Crippen molar-refractivity contribution < 1.29 is 14.3 Å². The molecule has 1 fully saturated rings. The number of ether oxygens (including phenoxy) is 2. The van der Waals surface area contributed by atoms with Crippen LogP contribution in [0.3, 0.4) is 0 Å². The highest BCUT2D eigenvalue weighted by Gasteiger charge is 2.20. The van der Waals surface area contributed by atoms with E-state index in [4.69, 9.17) is 9.47 Å². The summed E-state index contributed by atoms with van der Waals surface area (Å²) in [7, 11) is 1.67. The average molecular weight is 471 g/mol. The number of imidazole rings is 1. The normalized spacial score (nSPS) is 14.1. The third kappa shape index (κ3) is 5.09. The van der Waals surface area contributed by atoms with Gasteiger partial charge in [-0.05, 0) is 73.5 Å². The summed E-state index contributed by atoms with van der Waals surface area (Å²) in [5.74, 6) is 1.63. The van der Waals surface area contributed by atoms with Crippen LogP contribution in [0.5, 0.6) is 11.5 Å². The SMILES string of the molecule is COc1ccc(N2CCCN(C(=O)c3ccc(OCc4cn5cccc(C)c5n4)cc3)CC2)cc1. The topological polar surface area (TPSA) is 59.3 Å². The molecule has 0 radical (unpaired) electrons. The molecule has 3 heterocycles. The zero-order valence-electron chi connectivity index (χ0n) is 20.2. The van der Waals surface area contributed by atoms with Gasteiger partial charge in [-0.3, -0.25) is 4.79 Å². The number of rotatable bonds is 6. The maximum atomic E-state index is 13.1. The van der Waals surface area contributed by atoms with Gasteiger partial charge >= 0.3 is 0 Å². The number of fused-ring (bicyclic) bond motifs is 1. The molecule has 0 atom stereocenters. The Morgan fingerprint density at radius 3 is 2.46 bits per heavy atom. The average Bonchev–Trinajstić information content (AvgIpc) is 3.17. The molecule has 0 bridgehead atoms. The number of carbonyl (C=O) groups is 1. The van der Waals surface area contributed by atoms with Gasteiger partial charge in [-0.2, -0.15) is 0 Å². The molecule has 1 aliphatic heterocycles. The van der Waals surface area contributed by atoms with Crippen molar-refractivity contribution in [1.82, 2.24) is 14.3 Å². The molecule has 0 unspecified atom stereocenters. The van der Waals surface area contributed by atoms with Gasteiger partial charge in [-0.1, -0.05) is 6.07 Å². The van der Waals surface area contributed by atoms with Crippen LogP contribution in [-0.4, -0.2) is 53.5 Å². The molecule has 0 spiro atoms. The van der Waals surface area contributed by atoms with Crippen molar-refractivity contribution in [2.24, 2.45) is 0 Å². The molecule has 2 aromatic heterocycles. The fourth-order valence-corrected chi connectivity index (χ4v) is 4.48. The number of amides is 1. The number of aromatic nitrogens is 2. The van der Waals surface area contributed by atoms with Crippen molar-refractivity contribution in [2.45, 2.75) is 20.0 Å². The standard InChI is InChI=1S/C28H30N4O3/c1-21-5-3-14-32-19-23(29-27(21)32)20-35-26-10-6-22(7-11-26)28(33)31-16-4-15-30(17-18-31)24-8-12-25(34-2)13-9-24/h3,5-14,19H,4,15-18,20H2,1-2H3. The predicted molar refractivity (Wildman–Crippen MR) is 136 cm³/mol. The molecule has 180 valence electrons. The van der Waals surface area contributed by atoms with E-state index in [1.54, 1.807) is 7.11 Å². The largest absolute Gasteiger partial charge is 0.497 e. The molecule has 5 rings (SSSR count). The molecule has 7 nitrogen and oxygen atoms in total. The van der Waals surface area contributed by atoms with Crippen LogP contribution in [0.15, 0.2) is 73.1 Å². The van der Waals surface area contributed by atoms with Gasteiger partial charge in [0.05, 0.1) is 12.8 Å². The van der Waals surface area contributed by atoms with Gasteiger partial charge in [0.15, 0.2) is 0 Å². The van der Waals surface area contributed by atoms with Crippen molar-refractivity contribution in [3.05, 3.63) is 89.9 Å². The van der Waals surface area contributed by atoms with Crippen molar-refractivity contribution in [1.29, 1.82) is 0 Å². The van der Waals surface area contributed by atoms with Crippen LogP contribution >= 0.6 is 0 Å². The van der Waals surface area contributed by atoms with E-state index in [1.807, 2.05) is 77.1 Å². The van der Waals surface area contributed by atoms with E-state index in [9.17, 15) is 4.79 Å². The molecule has 4 aromatic rings. The predicted octanol–water partition coefficient (Wildman–Crippen LogP) is 4.58. The number of nitrogens with zero attached hydrogens (tertiary/aromatic N) is 4. The first-order valence-electron chi connectivity index (χ1n) is 11.9. The minimum atomic E-state index is 0.0592. The summed E-state index contributed by atoms with van der Waals surface area (Å²) >= 11 is 0. The molecular formula is C28H30N4O3. The number of aryl methyl sites for hydroxylation is 1. The Morgan fingerprint density at radius 1 is 0.943 bits per heavy atom. The maximum absolute atomic E-state index is 13.1. The highest BCUT2D eigenvalue weighted by molar-refractivity contribution is 5.94. The molecule has 7 heteroatoms. The Hall–Kier alpha value is -4.00. The molecule has 1 aliphatic rings. The van der Waals surface area contributed by atoms with Gasteiger partial charge in [0.2, 0.25) is 0 Å². The summed E-state index contributed by atoms with van der Waals surface area (Å²) in [5.41, 5.74) is 4.77. The van der Waals surface area contributed by atoms with Crippen LogP contribution in [0.4, 0.5) is 5.69 Å².